The number of carboxylic acids is 1. The number of rotatable bonds is 5. The SMILES string of the molecule is O=C(O)Cc1sc(NC(=O)c2ccc(F)cc2)nc1-c1ccc(F)cc1. The molecule has 26 heavy (non-hydrogen) atoms. The van der Waals surface area contributed by atoms with Crippen molar-refractivity contribution in [1.29, 1.82) is 0 Å². The molecule has 0 radical (unpaired) electrons. The fourth-order valence-corrected chi connectivity index (χ4v) is 3.24. The molecule has 0 aliphatic heterocycles. The van der Waals surface area contributed by atoms with Gasteiger partial charge in [-0.1, -0.05) is 0 Å². The first-order valence-electron chi connectivity index (χ1n) is 7.47. The van der Waals surface area contributed by atoms with Gasteiger partial charge in [0.25, 0.3) is 5.91 Å². The number of hydrogen-bond acceptors (Lipinski definition) is 4. The van der Waals surface area contributed by atoms with Crippen LogP contribution < -0.4 is 5.32 Å². The van der Waals surface area contributed by atoms with E-state index in [-0.39, 0.29) is 17.1 Å². The number of aromatic nitrogens is 1. The van der Waals surface area contributed by atoms with E-state index in [4.69, 9.17) is 5.11 Å². The lowest BCUT2D eigenvalue weighted by Crippen LogP contribution is -2.11. The van der Waals surface area contributed by atoms with E-state index in [0.717, 1.165) is 23.5 Å². The number of aliphatic carboxylic acids is 1. The number of carbonyl (C=O) groups excluding carboxylic acids is 1. The lowest BCUT2D eigenvalue weighted by molar-refractivity contribution is -0.136. The van der Waals surface area contributed by atoms with E-state index in [2.05, 4.69) is 10.3 Å². The minimum atomic E-state index is -1.05. The number of hydrogen-bond donors (Lipinski definition) is 2. The number of anilines is 1. The molecule has 2 N–H and O–H groups in total. The van der Waals surface area contributed by atoms with Crippen LogP contribution in [-0.2, 0) is 11.2 Å². The molecule has 0 atom stereocenters. The second-order valence-corrected chi connectivity index (χ2v) is 6.41. The summed E-state index contributed by atoms with van der Waals surface area (Å²) in [6.45, 7) is 0. The van der Waals surface area contributed by atoms with Crippen LogP contribution in [0, 0.1) is 11.6 Å². The van der Waals surface area contributed by atoms with Crippen molar-refractivity contribution < 1.29 is 23.5 Å². The quantitative estimate of drug-likeness (QED) is 0.708. The number of carboxylic acid groups (broad SMARTS) is 1. The van der Waals surface area contributed by atoms with E-state index in [9.17, 15) is 18.4 Å². The number of thiazole rings is 1. The van der Waals surface area contributed by atoms with Crippen molar-refractivity contribution in [2.75, 3.05) is 5.32 Å². The summed E-state index contributed by atoms with van der Waals surface area (Å²) in [5.74, 6) is -2.42. The fourth-order valence-electron chi connectivity index (χ4n) is 2.27. The average Bonchev–Trinajstić information content (AvgIpc) is 2.97. The van der Waals surface area contributed by atoms with E-state index in [0.29, 0.717) is 16.1 Å². The van der Waals surface area contributed by atoms with E-state index >= 15 is 0 Å². The molecule has 1 aromatic heterocycles. The van der Waals surface area contributed by atoms with Gasteiger partial charge in [-0.2, -0.15) is 0 Å². The Labute approximate surface area is 150 Å². The summed E-state index contributed by atoms with van der Waals surface area (Å²) in [6, 6.07) is 10.5. The zero-order valence-electron chi connectivity index (χ0n) is 13.2. The van der Waals surface area contributed by atoms with Crippen LogP contribution in [-0.4, -0.2) is 22.0 Å². The van der Waals surface area contributed by atoms with E-state index < -0.39 is 23.5 Å². The highest BCUT2D eigenvalue weighted by Gasteiger charge is 2.18. The Morgan fingerprint density at radius 2 is 1.58 bits per heavy atom. The van der Waals surface area contributed by atoms with Gasteiger partial charge in [-0.3, -0.25) is 14.9 Å². The third-order valence-electron chi connectivity index (χ3n) is 3.45. The molecule has 0 saturated heterocycles. The van der Waals surface area contributed by atoms with Crippen molar-refractivity contribution >= 4 is 28.3 Å². The molecule has 8 heteroatoms. The lowest BCUT2D eigenvalue weighted by Gasteiger charge is -2.01. The second kappa shape index (κ2) is 7.40. The van der Waals surface area contributed by atoms with Crippen LogP contribution in [0.3, 0.4) is 0 Å². The van der Waals surface area contributed by atoms with Gasteiger partial charge in [-0.05, 0) is 48.5 Å². The molecular formula is C18H12F2N2O3S. The Morgan fingerprint density at radius 1 is 1.00 bits per heavy atom. The third kappa shape index (κ3) is 4.09. The largest absolute Gasteiger partial charge is 0.481 e. The number of benzene rings is 2. The number of nitrogens with zero attached hydrogens (tertiary/aromatic N) is 1. The van der Waals surface area contributed by atoms with Gasteiger partial charge in [-0.15, -0.1) is 11.3 Å². The van der Waals surface area contributed by atoms with Crippen LogP contribution in [0.4, 0.5) is 13.9 Å². The smallest absolute Gasteiger partial charge is 0.308 e. The molecular weight excluding hydrogens is 362 g/mol. The summed E-state index contributed by atoms with van der Waals surface area (Å²) < 4.78 is 26.1. The van der Waals surface area contributed by atoms with Crippen molar-refractivity contribution in [1.82, 2.24) is 4.98 Å². The summed E-state index contributed by atoms with van der Waals surface area (Å²) in [5, 5.41) is 11.8. The molecule has 0 aliphatic rings. The summed E-state index contributed by atoms with van der Waals surface area (Å²) in [5.41, 5.74) is 1.15. The Kier molecular flexibility index (Phi) is 5.04. The summed E-state index contributed by atoms with van der Waals surface area (Å²) in [7, 11) is 0. The molecule has 0 saturated carbocycles. The van der Waals surface area contributed by atoms with Gasteiger partial charge in [0, 0.05) is 16.0 Å². The molecule has 0 fully saturated rings. The molecule has 2 aromatic carbocycles. The normalized spacial score (nSPS) is 10.5. The van der Waals surface area contributed by atoms with E-state index in [1.54, 1.807) is 0 Å². The van der Waals surface area contributed by atoms with Crippen LogP contribution in [0.2, 0.25) is 0 Å². The third-order valence-corrected chi connectivity index (χ3v) is 4.42. The minimum Gasteiger partial charge on any atom is -0.481 e. The summed E-state index contributed by atoms with van der Waals surface area (Å²) in [6.07, 6.45) is -0.281. The molecule has 0 bridgehead atoms. The Bertz CT molecular complexity index is 954. The van der Waals surface area contributed by atoms with Gasteiger partial charge < -0.3 is 5.11 Å². The maximum Gasteiger partial charge on any atom is 0.308 e. The van der Waals surface area contributed by atoms with Gasteiger partial charge in [-0.25, -0.2) is 13.8 Å². The standard InChI is InChI=1S/C18H12F2N2O3S/c19-12-5-1-10(2-6-12)16-14(9-15(23)24)26-18(21-16)22-17(25)11-3-7-13(20)8-4-11/h1-8H,9H2,(H,23,24)(H,21,22,25). The first-order chi connectivity index (χ1) is 12.4. The Balaban J connectivity index is 1.90. The Hall–Kier alpha value is -3.13. The van der Waals surface area contributed by atoms with E-state index in [1.807, 2.05) is 0 Å². The molecule has 132 valence electrons. The van der Waals surface area contributed by atoms with Crippen LogP contribution in [0.25, 0.3) is 11.3 Å². The fraction of sp³-hybridized carbons (Fsp3) is 0.0556. The maximum absolute atomic E-state index is 13.1. The Morgan fingerprint density at radius 3 is 2.15 bits per heavy atom. The van der Waals surface area contributed by atoms with Crippen LogP contribution in [0.5, 0.6) is 0 Å². The number of amides is 1. The lowest BCUT2D eigenvalue weighted by atomic mass is 10.1. The van der Waals surface area contributed by atoms with Crippen molar-refractivity contribution in [2.24, 2.45) is 0 Å². The van der Waals surface area contributed by atoms with Gasteiger partial charge in [0.05, 0.1) is 12.1 Å². The number of nitrogens with one attached hydrogen (secondary N) is 1. The highest BCUT2D eigenvalue weighted by atomic mass is 32.1. The van der Waals surface area contributed by atoms with Gasteiger partial charge >= 0.3 is 5.97 Å². The summed E-state index contributed by atoms with van der Waals surface area (Å²) in [4.78, 5) is 28.0. The van der Waals surface area contributed by atoms with Crippen molar-refractivity contribution in [3.8, 4) is 11.3 Å². The number of halogens is 2. The van der Waals surface area contributed by atoms with Gasteiger partial charge in [0.15, 0.2) is 5.13 Å². The van der Waals surface area contributed by atoms with Crippen LogP contribution in [0.1, 0.15) is 15.2 Å². The molecule has 3 aromatic rings. The maximum atomic E-state index is 13.1. The zero-order valence-corrected chi connectivity index (χ0v) is 14.0. The molecule has 5 nitrogen and oxygen atoms in total. The van der Waals surface area contributed by atoms with Crippen molar-refractivity contribution in [2.45, 2.75) is 6.42 Å². The monoisotopic (exact) mass is 374 g/mol. The van der Waals surface area contributed by atoms with Crippen LogP contribution in [0.15, 0.2) is 48.5 Å². The van der Waals surface area contributed by atoms with Gasteiger partial charge in [0.2, 0.25) is 0 Å². The predicted octanol–water partition coefficient (Wildman–Crippen LogP) is 3.97. The minimum absolute atomic E-state index is 0.204. The molecule has 0 spiro atoms. The zero-order chi connectivity index (χ0) is 18.7. The van der Waals surface area contributed by atoms with Gasteiger partial charge in [0.1, 0.15) is 11.6 Å². The van der Waals surface area contributed by atoms with Crippen molar-refractivity contribution in [3.63, 3.8) is 0 Å². The predicted molar refractivity (Wildman–Crippen MR) is 93.2 cm³/mol. The average molecular weight is 374 g/mol. The first kappa shape index (κ1) is 17.7. The topological polar surface area (TPSA) is 79.3 Å². The molecule has 0 unspecified atom stereocenters. The molecule has 1 heterocycles. The highest BCUT2D eigenvalue weighted by Crippen LogP contribution is 2.32. The van der Waals surface area contributed by atoms with Crippen LogP contribution >= 0.6 is 11.3 Å². The molecule has 1 amide bonds. The van der Waals surface area contributed by atoms with E-state index in [1.165, 1.54) is 36.4 Å². The summed E-state index contributed by atoms with van der Waals surface area (Å²) >= 11 is 1.02. The number of carbonyl (C=O) groups is 2. The second-order valence-electron chi connectivity index (χ2n) is 5.33. The molecule has 0 aliphatic carbocycles. The van der Waals surface area contributed by atoms with Crippen molar-refractivity contribution in [3.05, 3.63) is 70.6 Å². The molecule has 3 rings (SSSR count). The first-order valence-corrected chi connectivity index (χ1v) is 8.28. The highest BCUT2D eigenvalue weighted by molar-refractivity contribution is 7.16.